The summed E-state index contributed by atoms with van der Waals surface area (Å²) >= 11 is 0. The number of benzene rings is 1. The van der Waals surface area contributed by atoms with Crippen LogP contribution in [0.15, 0.2) is 24.3 Å². The maximum absolute atomic E-state index is 10.3. The lowest BCUT2D eigenvalue weighted by Crippen LogP contribution is -2.40. The Morgan fingerprint density at radius 1 is 1.33 bits per heavy atom. The van der Waals surface area contributed by atoms with Gasteiger partial charge in [-0.05, 0) is 25.3 Å². The van der Waals surface area contributed by atoms with Gasteiger partial charge in [-0.3, -0.25) is 0 Å². The summed E-state index contributed by atoms with van der Waals surface area (Å²) in [5.74, 6) is 0. The highest BCUT2D eigenvalue weighted by Crippen LogP contribution is 2.23. The second kappa shape index (κ2) is 4.33. The predicted octanol–water partition coefficient (Wildman–Crippen LogP) is 2.08. The van der Waals surface area contributed by atoms with Crippen molar-refractivity contribution in [3.63, 3.8) is 0 Å². The summed E-state index contributed by atoms with van der Waals surface area (Å²) in [6.45, 7) is 3.33. The van der Waals surface area contributed by atoms with E-state index in [1.165, 1.54) is 11.1 Å². The molecule has 2 nitrogen and oxygen atoms in total. The number of rotatable bonds is 2. The zero-order valence-corrected chi connectivity index (χ0v) is 9.20. The highest BCUT2D eigenvalue weighted by molar-refractivity contribution is 5.22. The van der Waals surface area contributed by atoms with Gasteiger partial charge in [0.15, 0.2) is 0 Å². The summed E-state index contributed by atoms with van der Waals surface area (Å²) in [7, 11) is 0. The van der Waals surface area contributed by atoms with Crippen molar-refractivity contribution >= 4 is 0 Å². The highest BCUT2D eigenvalue weighted by atomic mass is 16.5. The summed E-state index contributed by atoms with van der Waals surface area (Å²) < 4.78 is 5.33. The predicted molar refractivity (Wildman–Crippen MR) is 59.9 cm³/mol. The second-order valence-electron chi connectivity index (χ2n) is 4.54. The largest absolute Gasteiger partial charge is 0.387 e. The first-order valence-electron chi connectivity index (χ1n) is 5.54. The number of hydrogen-bond acceptors (Lipinski definition) is 2. The monoisotopic (exact) mass is 206 g/mol. The molecule has 0 aromatic heterocycles. The Bertz CT molecular complexity index is 310. The van der Waals surface area contributed by atoms with E-state index in [-0.39, 0.29) is 0 Å². The van der Waals surface area contributed by atoms with Gasteiger partial charge in [0, 0.05) is 13.0 Å². The van der Waals surface area contributed by atoms with Crippen molar-refractivity contribution in [2.75, 3.05) is 13.2 Å². The molecule has 1 N–H and O–H groups in total. The van der Waals surface area contributed by atoms with Gasteiger partial charge in [0.25, 0.3) is 0 Å². The van der Waals surface area contributed by atoms with E-state index in [0.717, 1.165) is 19.4 Å². The summed E-state index contributed by atoms with van der Waals surface area (Å²) in [5, 5.41) is 10.3. The molecule has 2 heteroatoms. The minimum absolute atomic E-state index is 0.473. The van der Waals surface area contributed by atoms with Gasteiger partial charge in [-0.1, -0.05) is 29.8 Å². The molecule has 0 aliphatic carbocycles. The quantitative estimate of drug-likeness (QED) is 0.802. The first-order chi connectivity index (χ1) is 7.18. The van der Waals surface area contributed by atoms with Crippen LogP contribution in [0.5, 0.6) is 0 Å². The number of aliphatic hydroxyl groups is 1. The standard InChI is InChI=1S/C13H18O2/c1-11-3-5-12(6-4-11)9-13(14)7-2-8-15-10-13/h3-6,14H,2,7-10H2,1H3. The van der Waals surface area contributed by atoms with Gasteiger partial charge in [0.05, 0.1) is 12.2 Å². The van der Waals surface area contributed by atoms with Crippen molar-refractivity contribution in [3.05, 3.63) is 35.4 Å². The number of aryl methyl sites for hydroxylation is 1. The molecule has 1 unspecified atom stereocenters. The molecule has 1 saturated heterocycles. The molecule has 1 heterocycles. The van der Waals surface area contributed by atoms with Gasteiger partial charge < -0.3 is 9.84 Å². The zero-order valence-electron chi connectivity index (χ0n) is 9.20. The lowest BCUT2D eigenvalue weighted by Gasteiger charge is -2.32. The van der Waals surface area contributed by atoms with E-state index in [1.807, 2.05) is 0 Å². The Labute approximate surface area is 90.9 Å². The number of ether oxygens (including phenoxy) is 1. The Balaban J connectivity index is 2.03. The Kier molecular flexibility index (Phi) is 3.08. The fourth-order valence-electron chi connectivity index (χ4n) is 2.06. The van der Waals surface area contributed by atoms with Gasteiger partial charge in [-0.25, -0.2) is 0 Å². The Hall–Kier alpha value is -0.860. The van der Waals surface area contributed by atoms with Crippen LogP contribution < -0.4 is 0 Å². The molecule has 0 bridgehead atoms. The van der Waals surface area contributed by atoms with Crippen molar-refractivity contribution in [3.8, 4) is 0 Å². The van der Waals surface area contributed by atoms with Crippen LogP contribution >= 0.6 is 0 Å². The average molecular weight is 206 g/mol. The molecule has 0 amide bonds. The van der Waals surface area contributed by atoms with Crippen LogP contribution in [0.3, 0.4) is 0 Å². The molecule has 0 radical (unpaired) electrons. The fraction of sp³-hybridized carbons (Fsp3) is 0.538. The van der Waals surface area contributed by atoms with Gasteiger partial charge >= 0.3 is 0 Å². The van der Waals surface area contributed by atoms with E-state index in [1.54, 1.807) is 0 Å². The van der Waals surface area contributed by atoms with Crippen molar-refractivity contribution in [1.29, 1.82) is 0 Å². The molecule has 2 rings (SSSR count). The van der Waals surface area contributed by atoms with Gasteiger partial charge in [-0.2, -0.15) is 0 Å². The normalized spacial score (nSPS) is 26.5. The molecule has 82 valence electrons. The van der Waals surface area contributed by atoms with Crippen LogP contribution in [0.4, 0.5) is 0 Å². The summed E-state index contributed by atoms with van der Waals surface area (Å²) in [4.78, 5) is 0. The summed E-state index contributed by atoms with van der Waals surface area (Å²) in [6.07, 6.45) is 2.51. The molecule has 1 aromatic carbocycles. The minimum Gasteiger partial charge on any atom is -0.387 e. The van der Waals surface area contributed by atoms with E-state index >= 15 is 0 Å². The van der Waals surface area contributed by atoms with Crippen molar-refractivity contribution < 1.29 is 9.84 Å². The second-order valence-corrected chi connectivity index (χ2v) is 4.54. The third-order valence-electron chi connectivity index (χ3n) is 2.96. The van der Waals surface area contributed by atoms with E-state index in [2.05, 4.69) is 31.2 Å². The molecule has 0 saturated carbocycles. The first kappa shape index (κ1) is 10.7. The SMILES string of the molecule is Cc1ccc(CC2(O)CCCOC2)cc1. The Morgan fingerprint density at radius 2 is 2.07 bits per heavy atom. The molecule has 15 heavy (non-hydrogen) atoms. The van der Waals surface area contributed by atoms with Gasteiger partial charge in [0.2, 0.25) is 0 Å². The molecule has 1 aliphatic rings. The van der Waals surface area contributed by atoms with Crippen LogP contribution in [0.2, 0.25) is 0 Å². The highest BCUT2D eigenvalue weighted by Gasteiger charge is 2.29. The third kappa shape index (κ3) is 2.80. The van der Waals surface area contributed by atoms with Crippen LogP contribution in [0.1, 0.15) is 24.0 Å². The Morgan fingerprint density at radius 3 is 2.67 bits per heavy atom. The molecule has 1 aliphatic heterocycles. The van der Waals surface area contributed by atoms with E-state index in [4.69, 9.17) is 4.74 Å². The van der Waals surface area contributed by atoms with E-state index in [0.29, 0.717) is 13.0 Å². The van der Waals surface area contributed by atoms with E-state index in [9.17, 15) is 5.11 Å². The van der Waals surface area contributed by atoms with Crippen LogP contribution in [-0.4, -0.2) is 23.9 Å². The van der Waals surface area contributed by atoms with Gasteiger partial charge in [-0.15, -0.1) is 0 Å². The molecular formula is C13H18O2. The van der Waals surface area contributed by atoms with Crippen LogP contribution in [-0.2, 0) is 11.2 Å². The lowest BCUT2D eigenvalue weighted by molar-refractivity contribution is -0.0844. The van der Waals surface area contributed by atoms with E-state index < -0.39 is 5.60 Å². The first-order valence-corrected chi connectivity index (χ1v) is 5.54. The van der Waals surface area contributed by atoms with Crippen LogP contribution in [0, 0.1) is 6.92 Å². The smallest absolute Gasteiger partial charge is 0.0921 e. The lowest BCUT2D eigenvalue weighted by atomic mass is 9.89. The summed E-state index contributed by atoms with van der Waals surface area (Å²) in [5.41, 5.74) is 1.80. The van der Waals surface area contributed by atoms with Crippen LogP contribution in [0.25, 0.3) is 0 Å². The average Bonchev–Trinajstić information content (AvgIpc) is 2.22. The summed E-state index contributed by atoms with van der Waals surface area (Å²) in [6, 6.07) is 8.34. The zero-order chi connectivity index (χ0) is 10.7. The fourth-order valence-corrected chi connectivity index (χ4v) is 2.06. The number of hydrogen-bond donors (Lipinski definition) is 1. The maximum Gasteiger partial charge on any atom is 0.0921 e. The molecule has 1 fully saturated rings. The maximum atomic E-state index is 10.3. The van der Waals surface area contributed by atoms with Crippen molar-refractivity contribution in [2.45, 2.75) is 31.8 Å². The van der Waals surface area contributed by atoms with Gasteiger partial charge in [0.1, 0.15) is 0 Å². The molecular weight excluding hydrogens is 188 g/mol. The van der Waals surface area contributed by atoms with Crippen molar-refractivity contribution in [1.82, 2.24) is 0 Å². The molecule has 0 spiro atoms. The molecule has 1 atom stereocenters. The molecule has 1 aromatic rings. The van der Waals surface area contributed by atoms with Crippen molar-refractivity contribution in [2.24, 2.45) is 0 Å². The topological polar surface area (TPSA) is 29.5 Å². The third-order valence-corrected chi connectivity index (χ3v) is 2.96. The minimum atomic E-state index is -0.645.